The number of rotatable bonds is 12. The molecule has 238 valence electrons. The Morgan fingerprint density at radius 2 is 1.38 bits per heavy atom. The molecule has 3 amide bonds. The summed E-state index contributed by atoms with van der Waals surface area (Å²) in [7, 11) is 4.50. The molecule has 0 fully saturated rings. The average Bonchev–Trinajstić information content (AvgIpc) is 3.10. The molecule has 47 heavy (non-hydrogen) atoms. The van der Waals surface area contributed by atoms with Gasteiger partial charge in [0.25, 0.3) is 11.8 Å². The summed E-state index contributed by atoms with van der Waals surface area (Å²) in [6.07, 6.45) is 1.51. The Labute approximate surface area is 276 Å². The highest BCUT2D eigenvalue weighted by molar-refractivity contribution is 8.00. The number of carbonyl (C=O) groups excluding carboxylic acids is 3. The molecule has 0 aliphatic heterocycles. The van der Waals surface area contributed by atoms with Gasteiger partial charge in [-0.2, -0.15) is 0 Å². The third-order valence-corrected chi connectivity index (χ3v) is 8.08. The highest BCUT2D eigenvalue weighted by atomic mass is 32.2. The first kappa shape index (κ1) is 32.6. The molecule has 0 radical (unpaired) electrons. The number of anilines is 2. The molecular weight excluding hydrogens is 614 g/mol. The Bertz CT molecular complexity index is 1940. The van der Waals surface area contributed by atoms with Crippen molar-refractivity contribution in [3.8, 4) is 17.2 Å². The van der Waals surface area contributed by atoms with Crippen LogP contribution in [-0.4, -0.2) is 44.8 Å². The lowest BCUT2D eigenvalue weighted by atomic mass is 10.1. The molecule has 10 heteroatoms. The minimum Gasteiger partial charge on any atom is -0.496 e. The SMILES string of the molecule is COc1cc(OC)c(OC)cc1/C=C(/NC(=O)c1ccccc1)C(=O)Nc1cccc(SCC(=O)Nc2cccc3ccccc23)c1. The predicted molar refractivity (Wildman–Crippen MR) is 186 cm³/mol. The van der Waals surface area contributed by atoms with E-state index in [0.29, 0.717) is 34.1 Å². The fourth-order valence-corrected chi connectivity index (χ4v) is 5.55. The predicted octanol–water partition coefficient (Wildman–Crippen LogP) is 7.01. The fraction of sp³-hybridized carbons (Fsp3) is 0.108. The first-order valence-electron chi connectivity index (χ1n) is 14.6. The second-order valence-electron chi connectivity index (χ2n) is 10.2. The zero-order valence-corrected chi connectivity index (χ0v) is 26.9. The minimum absolute atomic E-state index is 0.0307. The molecule has 3 N–H and O–H groups in total. The van der Waals surface area contributed by atoms with Crippen LogP contribution in [0.25, 0.3) is 16.8 Å². The first-order valence-corrected chi connectivity index (χ1v) is 15.6. The summed E-state index contributed by atoms with van der Waals surface area (Å²) in [4.78, 5) is 40.4. The van der Waals surface area contributed by atoms with Gasteiger partial charge in [-0.3, -0.25) is 14.4 Å². The van der Waals surface area contributed by atoms with Gasteiger partial charge in [-0.1, -0.05) is 60.7 Å². The number of carbonyl (C=O) groups is 3. The maximum absolute atomic E-state index is 13.7. The van der Waals surface area contributed by atoms with Gasteiger partial charge in [-0.25, -0.2) is 0 Å². The number of benzene rings is 5. The molecule has 0 aromatic heterocycles. The van der Waals surface area contributed by atoms with Gasteiger partial charge in [0.1, 0.15) is 11.4 Å². The van der Waals surface area contributed by atoms with Gasteiger partial charge in [0.2, 0.25) is 5.91 Å². The maximum atomic E-state index is 13.7. The van der Waals surface area contributed by atoms with Gasteiger partial charge in [-0.15, -0.1) is 11.8 Å². The highest BCUT2D eigenvalue weighted by Crippen LogP contribution is 2.36. The van der Waals surface area contributed by atoms with E-state index < -0.39 is 11.8 Å². The van der Waals surface area contributed by atoms with E-state index in [-0.39, 0.29) is 17.4 Å². The van der Waals surface area contributed by atoms with E-state index in [2.05, 4.69) is 16.0 Å². The van der Waals surface area contributed by atoms with E-state index in [0.717, 1.165) is 21.4 Å². The number of hydrogen-bond acceptors (Lipinski definition) is 7. The summed E-state index contributed by atoms with van der Waals surface area (Å²) < 4.78 is 16.4. The second kappa shape index (κ2) is 15.5. The van der Waals surface area contributed by atoms with Crippen molar-refractivity contribution in [1.82, 2.24) is 5.32 Å². The monoisotopic (exact) mass is 647 g/mol. The van der Waals surface area contributed by atoms with Gasteiger partial charge in [0.15, 0.2) is 11.5 Å². The van der Waals surface area contributed by atoms with Gasteiger partial charge >= 0.3 is 0 Å². The minimum atomic E-state index is -0.568. The number of methoxy groups -OCH3 is 3. The zero-order chi connectivity index (χ0) is 33.2. The number of thioether (sulfide) groups is 1. The summed E-state index contributed by atoms with van der Waals surface area (Å²) in [5.41, 5.74) is 2.05. The van der Waals surface area contributed by atoms with Crippen LogP contribution in [0, 0.1) is 0 Å². The van der Waals surface area contributed by atoms with Crippen molar-refractivity contribution in [2.75, 3.05) is 37.7 Å². The van der Waals surface area contributed by atoms with Crippen LogP contribution in [0.1, 0.15) is 15.9 Å². The molecule has 0 heterocycles. The van der Waals surface area contributed by atoms with Crippen molar-refractivity contribution in [2.45, 2.75) is 4.90 Å². The Kier molecular flexibility index (Phi) is 10.8. The maximum Gasteiger partial charge on any atom is 0.272 e. The zero-order valence-electron chi connectivity index (χ0n) is 26.0. The van der Waals surface area contributed by atoms with Crippen molar-refractivity contribution in [3.63, 3.8) is 0 Å². The van der Waals surface area contributed by atoms with E-state index in [1.54, 1.807) is 60.7 Å². The lowest BCUT2D eigenvalue weighted by Gasteiger charge is -2.15. The van der Waals surface area contributed by atoms with Gasteiger partial charge < -0.3 is 30.2 Å². The number of amides is 3. The van der Waals surface area contributed by atoms with Crippen molar-refractivity contribution >= 4 is 57.7 Å². The molecule has 0 unspecified atom stereocenters. The number of nitrogens with one attached hydrogen (secondary N) is 3. The third kappa shape index (κ3) is 8.30. The third-order valence-electron chi connectivity index (χ3n) is 7.09. The van der Waals surface area contributed by atoms with Gasteiger partial charge in [-0.05, 0) is 53.9 Å². The van der Waals surface area contributed by atoms with Crippen LogP contribution in [0.3, 0.4) is 0 Å². The molecule has 9 nitrogen and oxygen atoms in total. The molecule has 0 aliphatic carbocycles. The Hall–Kier alpha value is -5.74. The molecule has 0 saturated carbocycles. The standard InChI is InChI=1S/C37H33N3O6S/c1-44-32-22-34(46-3)33(45-2)20-26(32)19-31(40-36(42)25-12-5-4-6-13-25)37(43)38-27-15-10-16-28(21-27)47-23-35(41)39-30-18-9-14-24-11-7-8-17-29(24)30/h4-22H,23H2,1-3H3,(H,38,43)(H,39,41)(H,40,42)/b31-19+. The fourth-order valence-electron chi connectivity index (χ4n) is 4.80. The van der Waals surface area contributed by atoms with Crippen LogP contribution in [-0.2, 0) is 9.59 Å². The van der Waals surface area contributed by atoms with Crippen LogP contribution >= 0.6 is 11.8 Å². The Morgan fingerprint density at radius 3 is 2.15 bits per heavy atom. The Balaban J connectivity index is 1.34. The number of ether oxygens (including phenoxy) is 3. The molecule has 5 aromatic carbocycles. The smallest absolute Gasteiger partial charge is 0.272 e. The largest absolute Gasteiger partial charge is 0.496 e. The lowest BCUT2D eigenvalue weighted by molar-refractivity contribution is -0.114. The van der Waals surface area contributed by atoms with Crippen LogP contribution in [0.2, 0.25) is 0 Å². The van der Waals surface area contributed by atoms with Crippen molar-refractivity contribution in [2.24, 2.45) is 0 Å². The quantitative estimate of drug-likeness (QED) is 0.0986. The molecule has 0 spiro atoms. The van der Waals surface area contributed by atoms with E-state index in [1.165, 1.54) is 39.2 Å². The second-order valence-corrected chi connectivity index (χ2v) is 11.2. The van der Waals surface area contributed by atoms with E-state index >= 15 is 0 Å². The molecule has 0 bridgehead atoms. The van der Waals surface area contributed by atoms with Crippen LogP contribution in [0.5, 0.6) is 17.2 Å². The summed E-state index contributed by atoms with van der Waals surface area (Å²) in [5.74, 6) is 0.247. The normalized spacial score (nSPS) is 11.0. The van der Waals surface area contributed by atoms with Crippen LogP contribution < -0.4 is 30.2 Å². The van der Waals surface area contributed by atoms with E-state index in [1.807, 2.05) is 48.5 Å². The van der Waals surface area contributed by atoms with Gasteiger partial charge in [0, 0.05) is 38.8 Å². The molecule has 0 atom stereocenters. The van der Waals surface area contributed by atoms with E-state index in [4.69, 9.17) is 14.2 Å². The van der Waals surface area contributed by atoms with E-state index in [9.17, 15) is 14.4 Å². The van der Waals surface area contributed by atoms with Crippen molar-refractivity contribution in [1.29, 1.82) is 0 Å². The van der Waals surface area contributed by atoms with Crippen molar-refractivity contribution in [3.05, 3.63) is 126 Å². The number of fused-ring (bicyclic) bond motifs is 1. The molecule has 0 aliphatic rings. The topological polar surface area (TPSA) is 115 Å². The van der Waals surface area contributed by atoms with Gasteiger partial charge in [0.05, 0.1) is 27.1 Å². The molecule has 0 saturated heterocycles. The summed E-state index contributed by atoms with van der Waals surface area (Å²) in [5, 5.41) is 10.6. The number of hydrogen-bond donors (Lipinski definition) is 3. The van der Waals surface area contributed by atoms with Crippen LogP contribution in [0.15, 0.2) is 120 Å². The molecule has 5 aromatic rings. The average molecular weight is 648 g/mol. The Morgan fingerprint density at radius 1 is 0.702 bits per heavy atom. The first-order chi connectivity index (χ1) is 22.9. The highest BCUT2D eigenvalue weighted by Gasteiger charge is 2.18. The lowest BCUT2D eigenvalue weighted by Crippen LogP contribution is -2.30. The molecule has 5 rings (SSSR count). The molecular formula is C37H33N3O6S. The summed E-state index contributed by atoms with van der Waals surface area (Å²) in [6.45, 7) is 0. The summed E-state index contributed by atoms with van der Waals surface area (Å²) >= 11 is 1.34. The van der Waals surface area contributed by atoms with Crippen LogP contribution in [0.4, 0.5) is 11.4 Å². The van der Waals surface area contributed by atoms with Crippen molar-refractivity contribution < 1.29 is 28.6 Å². The summed E-state index contributed by atoms with van der Waals surface area (Å²) in [6, 6.07) is 32.6.